The van der Waals surface area contributed by atoms with Crippen LogP contribution in [0.2, 0.25) is 0 Å². The molecule has 0 aromatic heterocycles. The van der Waals surface area contributed by atoms with Crippen molar-refractivity contribution in [3.63, 3.8) is 0 Å². The van der Waals surface area contributed by atoms with E-state index in [4.69, 9.17) is 0 Å². The normalized spacial score (nSPS) is 30.3. The maximum absolute atomic E-state index is 3.95. The predicted molar refractivity (Wildman–Crippen MR) is 81.4 cm³/mol. The second-order valence-electron chi connectivity index (χ2n) is 7.65. The summed E-state index contributed by atoms with van der Waals surface area (Å²) in [6, 6.07) is 10.3. The first-order valence-corrected chi connectivity index (χ1v) is 7.85. The minimum absolute atomic E-state index is 0.515. The number of nitrogens with one attached hydrogen (secondary N) is 1. The molecule has 0 spiro atoms. The summed E-state index contributed by atoms with van der Waals surface area (Å²) in [7, 11) is 0. The lowest BCUT2D eigenvalue weighted by atomic mass is 9.70. The molecule has 1 aromatic rings. The van der Waals surface area contributed by atoms with E-state index in [1.807, 2.05) is 0 Å². The first-order chi connectivity index (χ1) is 9.02. The third-order valence-corrected chi connectivity index (χ3v) is 4.91. The fraction of sp³-hybridized carbons (Fsp3) is 0.667. The predicted octanol–water partition coefficient (Wildman–Crippen LogP) is 3.96. The molecular weight excluding hydrogens is 230 g/mol. The Hall–Kier alpha value is -0.820. The van der Waals surface area contributed by atoms with Gasteiger partial charge in [-0.05, 0) is 54.6 Å². The van der Waals surface area contributed by atoms with Crippen LogP contribution in [-0.2, 0) is 12.8 Å². The summed E-state index contributed by atoms with van der Waals surface area (Å²) in [6.07, 6.45) is 6.53. The fourth-order valence-corrected chi connectivity index (χ4v) is 4.48. The van der Waals surface area contributed by atoms with E-state index in [9.17, 15) is 0 Å². The van der Waals surface area contributed by atoms with E-state index in [2.05, 4.69) is 50.4 Å². The first kappa shape index (κ1) is 13.2. The maximum atomic E-state index is 3.95. The summed E-state index contributed by atoms with van der Waals surface area (Å²) in [5, 5.41) is 3.95. The molecule has 2 aliphatic carbocycles. The third-order valence-electron chi connectivity index (χ3n) is 4.91. The molecule has 1 saturated carbocycles. The Kier molecular flexibility index (Phi) is 3.42. The second kappa shape index (κ2) is 4.94. The number of rotatable bonds is 2. The molecule has 2 atom stereocenters. The van der Waals surface area contributed by atoms with Crippen molar-refractivity contribution in [2.75, 3.05) is 0 Å². The van der Waals surface area contributed by atoms with Gasteiger partial charge in [-0.1, -0.05) is 45.0 Å². The van der Waals surface area contributed by atoms with Gasteiger partial charge in [-0.15, -0.1) is 0 Å². The minimum Gasteiger partial charge on any atom is -0.311 e. The molecule has 2 unspecified atom stereocenters. The maximum Gasteiger partial charge on any atom is 0.0151 e. The topological polar surface area (TPSA) is 12.0 Å². The monoisotopic (exact) mass is 257 g/mol. The van der Waals surface area contributed by atoms with Crippen LogP contribution in [0, 0.1) is 11.3 Å². The van der Waals surface area contributed by atoms with Crippen LogP contribution in [0.15, 0.2) is 24.3 Å². The zero-order chi connectivity index (χ0) is 13.5. The molecule has 0 saturated heterocycles. The lowest BCUT2D eigenvalue weighted by molar-refractivity contribution is 0.145. The summed E-state index contributed by atoms with van der Waals surface area (Å²) in [5.74, 6) is 0.866. The van der Waals surface area contributed by atoms with Gasteiger partial charge in [0.05, 0.1) is 0 Å². The molecule has 1 fully saturated rings. The molecule has 1 aromatic carbocycles. The van der Waals surface area contributed by atoms with Gasteiger partial charge in [-0.2, -0.15) is 0 Å². The van der Waals surface area contributed by atoms with Crippen molar-refractivity contribution in [3.8, 4) is 0 Å². The van der Waals surface area contributed by atoms with Crippen molar-refractivity contribution in [2.24, 2.45) is 11.3 Å². The Bertz CT molecular complexity index is 424. The molecule has 1 heteroatoms. The first-order valence-electron chi connectivity index (χ1n) is 7.85. The van der Waals surface area contributed by atoms with Crippen LogP contribution in [0.4, 0.5) is 0 Å². The molecule has 0 amide bonds. The van der Waals surface area contributed by atoms with E-state index in [0.29, 0.717) is 11.5 Å². The van der Waals surface area contributed by atoms with E-state index >= 15 is 0 Å². The summed E-state index contributed by atoms with van der Waals surface area (Å²) in [6.45, 7) is 7.28. The van der Waals surface area contributed by atoms with Crippen LogP contribution >= 0.6 is 0 Å². The standard InChI is InChI=1S/C18H27N/c1-13-8-17(12-18(2,3)11-13)19-16-9-14-6-4-5-7-15(14)10-16/h4-7,13,16-17,19H,8-12H2,1-3H3. The van der Waals surface area contributed by atoms with Gasteiger partial charge in [0, 0.05) is 12.1 Å². The van der Waals surface area contributed by atoms with Gasteiger partial charge in [0.25, 0.3) is 0 Å². The number of benzene rings is 1. The largest absolute Gasteiger partial charge is 0.311 e. The summed E-state index contributed by atoms with van der Waals surface area (Å²) < 4.78 is 0. The molecule has 0 heterocycles. The highest BCUT2D eigenvalue weighted by Crippen LogP contribution is 2.39. The van der Waals surface area contributed by atoms with Crippen molar-refractivity contribution < 1.29 is 0 Å². The highest BCUT2D eigenvalue weighted by atomic mass is 15.0. The van der Waals surface area contributed by atoms with E-state index < -0.39 is 0 Å². The van der Waals surface area contributed by atoms with Crippen LogP contribution in [0.3, 0.4) is 0 Å². The highest BCUT2D eigenvalue weighted by molar-refractivity contribution is 5.33. The van der Waals surface area contributed by atoms with Crippen molar-refractivity contribution in [3.05, 3.63) is 35.4 Å². The Balaban J connectivity index is 1.61. The highest BCUT2D eigenvalue weighted by Gasteiger charge is 2.33. The fourth-order valence-electron chi connectivity index (χ4n) is 4.48. The summed E-state index contributed by atoms with van der Waals surface area (Å²) in [4.78, 5) is 0. The molecule has 0 bridgehead atoms. The van der Waals surface area contributed by atoms with Crippen molar-refractivity contribution in [1.29, 1.82) is 0 Å². The third kappa shape index (κ3) is 3.02. The molecule has 2 aliphatic rings. The molecular formula is C18H27N. The zero-order valence-electron chi connectivity index (χ0n) is 12.6. The summed E-state index contributed by atoms with van der Waals surface area (Å²) >= 11 is 0. The quantitative estimate of drug-likeness (QED) is 0.845. The van der Waals surface area contributed by atoms with Gasteiger partial charge in [0.15, 0.2) is 0 Å². The van der Waals surface area contributed by atoms with Crippen LogP contribution in [0.5, 0.6) is 0 Å². The molecule has 0 aliphatic heterocycles. The van der Waals surface area contributed by atoms with Gasteiger partial charge in [-0.25, -0.2) is 0 Å². The number of hydrogen-bond acceptors (Lipinski definition) is 1. The van der Waals surface area contributed by atoms with Gasteiger partial charge in [0.1, 0.15) is 0 Å². The Labute approximate surface area is 117 Å². The lowest BCUT2D eigenvalue weighted by Gasteiger charge is -2.40. The molecule has 1 N–H and O–H groups in total. The van der Waals surface area contributed by atoms with Crippen LogP contribution < -0.4 is 5.32 Å². The smallest absolute Gasteiger partial charge is 0.0151 e. The minimum atomic E-state index is 0.515. The van der Waals surface area contributed by atoms with E-state index in [0.717, 1.165) is 12.0 Å². The van der Waals surface area contributed by atoms with Crippen molar-refractivity contribution >= 4 is 0 Å². The molecule has 3 rings (SSSR count). The SMILES string of the molecule is CC1CC(NC2Cc3ccccc3C2)CC(C)(C)C1. The van der Waals surface area contributed by atoms with Gasteiger partial charge < -0.3 is 5.32 Å². The molecule has 0 radical (unpaired) electrons. The van der Waals surface area contributed by atoms with Crippen molar-refractivity contribution in [2.45, 2.75) is 65.0 Å². The van der Waals surface area contributed by atoms with E-state index in [1.54, 1.807) is 11.1 Å². The van der Waals surface area contributed by atoms with E-state index in [1.165, 1.54) is 32.1 Å². The zero-order valence-corrected chi connectivity index (χ0v) is 12.6. The second-order valence-corrected chi connectivity index (χ2v) is 7.65. The van der Waals surface area contributed by atoms with Gasteiger partial charge in [-0.3, -0.25) is 0 Å². The Morgan fingerprint density at radius 3 is 2.21 bits per heavy atom. The number of fused-ring (bicyclic) bond motifs is 1. The number of hydrogen-bond donors (Lipinski definition) is 1. The van der Waals surface area contributed by atoms with Crippen LogP contribution in [-0.4, -0.2) is 12.1 Å². The average molecular weight is 257 g/mol. The molecule has 1 nitrogen and oxygen atoms in total. The summed E-state index contributed by atoms with van der Waals surface area (Å²) in [5.41, 5.74) is 3.63. The van der Waals surface area contributed by atoms with Crippen molar-refractivity contribution in [1.82, 2.24) is 5.32 Å². The van der Waals surface area contributed by atoms with Crippen LogP contribution in [0.1, 0.15) is 51.2 Å². The lowest BCUT2D eigenvalue weighted by Crippen LogP contribution is -2.45. The van der Waals surface area contributed by atoms with Crippen LogP contribution in [0.25, 0.3) is 0 Å². The molecule has 104 valence electrons. The Morgan fingerprint density at radius 2 is 1.63 bits per heavy atom. The Morgan fingerprint density at radius 1 is 1.00 bits per heavy atom. The molecule has 19 heavy (non-hydrogen) atoms. The average Bonchev–Trinajstić information content (AvgIpc) is 2.67. The van der Waals surface area contributed by atoms with Gasteiger partial charge >= 0.3 is 0 Å². The van der Waals surface area contributed by atoms with E-state index in [-0.39, 0.29) is 0 Å². The van der Waals surface area contributed by atoms with Gasteiger partial charge in [0.2, 0.25) is 0 Å².